The number of pyridine rings is 1. The lowest BCUT2D eigenvalue weighted by Gasteiger charge is -2.03. The third-order valence-corrected chi connectivity index (χ3v) is 3.83. The first-order valence-electron chi connectivity index (χ1n) is 7.17. The molecule has 21 heavy (non-hydrogen) atoms. The first kappa shape index (κ1) is 13.4. The number of aromatic nitrogens is 2. The van der Waals surface area contributed by atoms with E-state index in [9.17, 15) is 0 Å². The third kappa shape index (κ3) is 2.30. The van der Waals surface area contributed by atoms with Crippen LogP contribution < -0.4 is 0 Å². The van der Waals surface area contributed by atoms with Gasteiger partial charge in [0.2, 0.25) is 0 Å². The largest absolute Gasteiger partial charge is 0.302 e. The lowest BCUT2D eigenvalue weighted by Crippen LogP contribution is -1.94. The van der Waals surface area contributed by atoms with Crippen molar-refractivity contribution in [3.8, 4) is 17.3 Å². The van der Waals surface area contributed by atoms with Crippen LogP contribution in [0.4, 0.5) is 0 Å². The standard InChI is InChI=1S/C18H17N3/c1-3-14-6-8-15(9-7-14)17-16(10-11-19)21-12-4-5-13(2)18(21)20-17/h4-9,12H,3,10H2,1-2H3. The minimum Gasteiger partial charge on any atom is -0.302 e. The van der Waals surface area contributed by atoms with Crippen molar-refractivity contribution in [3.63, 3.8) is 0 Å². The molecule has 0 aliphatic carbocycles. The van der Waals surface area contributed by atoms with Gasteiger partial charge in [0, 0.05) is 11.8 Å². The van der Waals surface area contributed by atoms with Gasteiger partial charge in [-0.05, 0) is 30.5 Å². The summed E-state index contributed by atoms with van der Waals surface area (Å²) in [5.41, 5.74) is 6.29. The van der Waals surface area contributed by atoms with E-state index in [0.717, 1.165) is 34.6 Å². The molecular formula is C18H17N3. The molecule has 0 saturated carbocycles. The second-order valence-corrected chi connectivity index (χ2v) is 5.18. The van der Waals surface area contributed by atoms with E-state index in [-0.39, 0.29) is 0 Å². The van der Waals surface area contributed by atoms with Gasteiger partial charge in [-0.15, -0.1) is 0 Å². The van der Waals surface area contributed by atoms with Crippen LogP contribution in [0.3, 0.4) is 0 Å². The molecule has 0 unspecified atom stereocenters. The second-order valence-electron chi connectivity index (χ2n) is 5.18. The number of fused-ring (bicyclic) bond motifs is 1. The van der Waals surface area contributed by atoms with Gasteiger partial charge in [0.05, 0.1) is 23.9 Å². The predicted molar refractivity (Wildman–Crippen MR) is 84.1 cm³/mol. The van der Waals surface area contributed by atoms with Crippen LogP contribution in [-0.2, 0) is 12.8 Å². The fourth-order valence-corrected chi connectivity index (χ4v) is 2.63. The van der Waals surface area contributed by atoms with Crippen molar-refractivity contribution in [1.82, 2.24) is 9.38 Å². The Morgan fingerprint density at radius 2 is 1.95 bits per heavy atom. The van der Waals surface area contributed by atoms with Crippen molar-refractivity contribution in [2.75, 3.05) is 0 Å². The molecule has 104 valence electrons. The summed E-state index contributed by atoms with van der Waals surface area (Å²) in [5, 5.41) is 9.13. The molecule has 0 aliphatic heterocycles. The molecule has 0 atom stereocenters. The average Bonchev–Trinajstić information content (AvgIpc) is 2.88. The maximum absolute atomic E-state index is 9.13. The molecule has 0 saturated heterocycles. The van der Waals surface area contributed by atoms with Crippen LogP contribution in [0.2, 0.25) is 0 Å². The van der Waals surface area contributed by atoms with E-state index in [1.54, 1.807) is 0 Å². The molecule has 3 heteroatoms. The molecule has 0 bridgehead atoms. The summed E-state index contributed by atoms with van der Waals surface area (Å²) in [6.07, 6.45) is 3.36. The van der Waals surface area contributed by atoms with Crippen LogP contribution in [0, 0.1) is 18.3 Å². The number of hydrogen-bond donors (Lipinski definition) is 0. The molecular weight excluding hydrogens is 258 g/mol. The lowest BCUT2D eigenvalue weighted by molar-refractivity contribution is 1.05. The number of imidazole rings is 1. The highest BCUT2D eigenvalue weighted by atomic mass is 15.0. The number of benzene rings is 1. The maximum Gasteiger partial charge on any atom is 0.140 e. The van der Waals surface area contributed by atoms with E-state index in [4.69, 9.17) is 10.2 Å². The molecule has 3 nitrogen and oxygen atoms in total. The Bertz CT molecular complexity index is 820. The Morgan fingerprint density at radius 3 is 2.62 bits per heavy atom. The van der Waals surface area contributed by atoms with Crippen LogP contribution >= 0.6 is 0 Å². The quantitative estimate of drug-likeness (QED) is 0.726. The third-order valence-electron chi connectivity index (χ3n) is 3.83. The van der Waals surface area contributed by atoms with E-state index in [0.29, 0.717) is 6.42 Å². The summed E-state index contributed by atoms with van der Waals surface area (Å²) in [7, 11) is 0. The van der Waals surface area contributed by atoms with Crippen LogP contribution in [0.15, 0.2) is 42.6 Å². The highest BCUT2D eigenvalue weighted by molar-refractivity contribution is 5.68. The molecule has 0 fully saturated rings. The Kier molecular flexibility index (Phi) is 3.45. The summed E-state index contributed by atoms with van der Waals surface area (Å²) in [4.78, 5) is 4.77. The highest BCUT2D eigenvalue weighted by Gasteiger charge is 2.14. The minimum absolute atomic E-state index is 0.357. The van der Waals surface area contributed by atoms with Gasteiger partial charge < -0.3 is 4.40 Å². The van der Waals surface area contributed by atoms with Gasteiger partial charge >= 0.3 is 0 Å². The number of hydrogen-bond acceptors (Lipinski definition) is 2. The van der Waals surface area contributed by atoms with Crippen molar-refractivity contribution in [2.24, 2.45) is 0 Å². The van der Waals surface area contributed by atoms with E-state index in [2.05, 4.69) is 37.3 Å². The smallest absolute Gasteiger partial charge is 0.140 e. The molecule has 0 N–H and O–H groups in total. The van der Waals surface area contributed by atoms with Gasteiger partial charge in [0.15, 0.2) is 0 Å². The van der Waals surface area contributed by atoms with E-state index >= 15 is 0 Å². The predicted octanol–water partition coefficient (Wildman–Crippen LogP) is 3.94. The van der Waals surface area contributed by atoms with Crippen LogP contribution in [0.25, 0.3) is 16.9 Å². The van der Waals surface area contributed by atoms with Crippen LogP contribution in [0.1, 0.15) is 23.7 Å². The SMILES string of the molecule is CCc1ccc(-c2nc3c(C)cccn3c2CC#N)cc1. The fourth-order valence-electron chi connectivity index (χ4n) is 2.63. The molecule has 0 spiro atoms. The zero-order chi connectivity index (χ0) is 14.8. The van der Waals surface area contributed by atoms with E-state index in [1.165, 1.54) is 5.56 Å². The molecule has 0 amide bonds. The van der Waals surface area contributed by atoms with Crippen molar-refractivity contribution in [1.29, 1.82) is 5.26 Å². The molecule has 2 aromatic heterocycles. The molecule has 0 radical (unpaired) electrons. The van der Waals surface area contributed by atoms with Gasteiger partial charge in [-0.25, -0.2) is 4.98 Å². The summed E-state index contributed by atoms with van der Waals surface area (Å²) >= 11 is 0. The Hall–Kier alpha value is -2.60. The second kappa shape index (κ2) is 5.41. The van der Waals surface area contributed by atoms with Gasteiger partial charge in [-0.1, -0.05) is 37.3 Å². The highest BCUT2D eigenvalue weighted by Crippen LogP contribution is 2.26. The monoisotopic (exact) mass is 275 g/mol. The zero-order valence-corrected chi connectivity index (χ0v) is 12.3. The summed E-state index contributed by atoms with van der Waals surface area (Å²) in [6, 6.07) is 14.7. The average molecular weight is 275 g/mol. The summed E-state index contributed by atoms with van der Waals surface area (Å²) in [6.45, 7) is 4.19. The van der Waals surface area contributed by atoms with Crippen LogP contribution in [0.5, 0.6) is 0 Å². The summed E-state index contributed by atoms with van der Waals surface area (Å²) in [5.74, 6) is 0. The van der Waals surface area contributed by atoms with Gasteiger partial charge in [-0.2, -0.15) is 5.26 Å². The van der Waals surface area contributed by atoms with Crippen molar-refractivity contribution in [2.45, 2.75) is 26.7 Å². The molecule has 1 aromatic carbocycles. The van der Waals surface area contributed by atoms with E-state index in [1.807, 2.05) is 29.7 Å². The van der Waals surface area contributed by atoms with E-state index < -0.39 is 0 Å². The topological polar surface area (TPSA) is 41.1 Å². The van der Waals surface area contributed by atoms with Gasteiger partial charge in [0.25, 0.3) is 0 Å². The van der Waals surface area contributed by atoms with Crippen LogP contribution in [-0.4, -0.2) is 9.38 Å². The number of rotatable bonds is 3. The normalized spacial score (nSPS) is 10.7. The minimum atomic E-state index is 0.357. The van der Waals surface area contributed by atoms with Crippen molar-refractivity contribution >= 4 is 5.65 Å². The number of nitrogens with zero attached hydrogens (tertiary/aromatic N) is 3. The molecule has 2 heterocycles. The zero-order valence-electron chi connectivity index (χ0n) is 12.3. The first-order valence-corrected chi connectivity index (χ1v) is 7.17. The number of nitriles is 1. The lowest BCUT2D eigenvalue weighted by atomic mass is 10.1. The molecule has 3 aromatic rings. The maximum atomic E-state index is 9.13. The van der Waals surface area contributed by atoms with Gasteiger partial charge in [-0.3, -0.25) is 0 Å². The van der Waals surface area contributed by atoms with Crippen molar-refractivity contribution in [3.05, 3.63) is 59.4 Å². The first-order chi connectivity index (χ1) is 10.2. The molecule has 0 aliphatic rings. The van der Waals surface area contributed by atoms with Crippen molar-refractivity contribution < 1.29 is 0 Å². The Morgan fingerprint density at radius 1 is 1.19 bits per heavy atom. The number of aryl methyl sites for hydroxylation is 2. The van der Waals surface area contributed by atoms with Gasteiger partial charge in [0.1, 0.15) is 5.65 Å². The Labute approximate surface area is 124 Å². The summed E-state index contributed by atoms with van der Waals surface area (Å²) < 4.78 is 2.03. The Balaban J connectivity index is 2.23. The molecule has 3 rings (SSSR count). The fraction of sp³-hybridized carbons (Fsp3) is 0.222.